The van der Waals surface area contributed by atoms with Gasteiger partial charge in [-0.2, -0.15) is 8.78 Å². The number of esters is 1. The highest BCUT2D eigenvalue weighted by Gasteiger charge is 2.56. The highest BCUT2D eigenvalue weighted by Crippen LogP contribution is 2.33. The molecule has 1 aromatic carbocycles. The van der Waals surface area contributed by atoms with Crippen molar-refractivity contribution in [3.63, 3.8) is 0 Å². The van der Waals surface area contributed by atoms with Gasteiger partial charge in [-0.15, -0.1) is 0 Å². The first-order valence-corrected chi connectivity index (χ1v) is 5.72. The number of carbonyl (C=O) groups is 1. The molecule has 0 aliphatic rings. The van der Waals surface area contributed by atoms with E-state index in [4.69, 9.17) is 0 Å². The third kappa shape index (κ3) is 3.47. The zero-order valence-corrected chi connectivity index (χ0v) is 10.6. The van der Waals surface area contributed by atoms with Crippen molar-refractivity contribution < 1.29 is 27.8 Å². The fraction of sp³-hybridized carbons (Fsp3) is 0.462. The Labute approximate surface area is 109 Å². The van der Waals surface area contributed by atoms with Crippen LogP contribution in [0.15, 0.2) is 24.3 Å². The summed E-state index contributed by atoms with van der Waals surface area (Å²) in [5.41, 5.74) is -2.50. The lowest BCUT2D eigenvalue weighted by molar-refractivity contribution is -0.208. The van der Waals surface area contributed by atoms with Crippen molar-refractivity contribution in [2.75, 3.05) is 6.61 Å². The molecule has 0 bridgehead atoms. The molecule has 0 radical (unpaired) electrons. The van der Waals surface area contributed by atoms with Crippen LogP contribution in [-0.2, 0) is 16.0 Å². The van der Waals surface area contributed by atoms with Gasteiger partial charge < -0.3 is 9.84 Å². The van der Waals surface area contributed by atoms with Crippen LogP contribution >= 0.6 is 0 Å². The van der Waals surface area contributed by atoms with Gasteiger partial charge in [-0.3, -0.25) is 0 Å². The van der Waals surface area contributed by atoms with Gasteiger partial charge in [-0.25, -0.2) is 9.18 Å². The molecule has 106 valence electrons. The van der Waals surface area contributed by atoms with Crippen molar-refractivity contribution in [3.8, 4) is 0 Å². The molecule has 6 heteroatoms. The maximum atomic E-state index is 13.7. The molecule has 1 N–H and O–H groups in total. The van der Waals surface area contributed by atoms with E-state index in [1.807, 2.05) is 0 Å². The Hall–Kier alpha value is -1.56. The second-order valence-electron chi connectivity index (χ2n) is 4.38. The molecule has 0 aromatic heterocycles. The van der Waals surface area contributed by atoms with Gasteiger partial charge >= 0.3 is 11.9 Å². The molecule has 0 saturated carbocycles. The van der Waals surface area contributed by atoms with Crippen molar-refractivity contribution in [2.45, 2.75) is 31.8 Å². The van der Waals surface area contributed by atoms with E-state index in [0.717, 1.165) is 19.1 Å². The highest BCUT2D eigenvalue weighted by molar-refractivity contribution is 5.79. The summed E-state index contributed by atoms with van der Waals surface area (Å²) in [6, 6.07) is 4.90. The zero-order valence-electron chi connectivity index (χ0n) is 10.6. The lowest BCUT2D eigenvalue weighted by Gasteiger charge is -2.30. The smallest absolute Gasteiger partial charge is 0.380 e. The van der Waals surface area contributed by atoms with Crippen LogP contribution in [0.1, 0.15) is 19.4 Å². The summed E-state index contributed by atoms with van der Waals surface area (Å²) in [4.78, 5) is 11.2. The van der Waals surface area contributed by atoms with E-state index in [1.165, 1.54) is 19.1 Å². The number of hydrogen-bond donors (Lipinski definition) is 1. The molecular weight excluding hydrogens is 261 g/mol. The van der Waals surface area contributed by atoms with Gasteiger partial charge in [-0.1, -0.05) is 12.1 Å². The van der Waals surface area contributed by atoms with E-state index in [2.05, 4.69) is 4.74 Å². The first-order chi connectivity index (χ1) is 8.70. The van der Waals surface area contributed by atoms with Crippen molar-refractivity contribution in [3.05, 3.63) is 35.6 Å². The Morgan fingerprint density at radius 2 is 2.05 bits per heavy atom. The fourth-order valence-electron chi connectivity index (χ4n) is 1.60. The average Bonchev–Trinajstić information content (AvgIpc) is 2.28. The molecule has 3 nitrogen and oxygen atoms in total. The topological polar surface area (TPSA) is 46.5 Å². The summed E-state index contributed by atoms with van der Waals surface area (Å²) < 4.78 is 44.7. The summed E-state index contributed by atoms with van der Waals surface area (Å²) in [6.45, 7) is 1.98. The predicted octanol–water partition coefficient (Wildman–Crippen LogP) is 2.32. The van der Waals surface area contributed by atoms with Crippen molar-refractivity contribution in [1.29, 1.82) is 0 Å². The lowest BCUT2D eigenvalue weighted by atomic mass is 9.90. The second kappa shape index (κ2) is 5.61. The first-order valence-electron chi connectivity index (χ1n) is 5.72. The summed E-state index contributed by atoms with van der Waals surface area (Å²) >= 11 is 0. The van der Waals surface area contributed by atoms with E-state index in [0.29, 0.717) is 0 Å². The first kappa shape index (κ1) is 15.5. The molecule has 0 heterocycles. The minimum Gasteiger partial charge on any atom is -0.461 e. The van der Waals surface area contributed by atoms with Crippen LogP contribution in [0.3, 0.4) is 0 Å². The molecule has 0 amide bonds. The Morgan fingerprint density at radius 3 is 2.58 bits per heavy atom. The average molecular weight is 276 g/mol. The Morgan fingerprint density at radius 1 is 1.42 bits per heavy atom. The van der Waals surface area contributed by atoms with Gasteiger partial charge in [0.25, 0.3) is 0 Å². The third-order valence-electron chi connectivity index (χ3n) is 2.65. The normalized spacial score (nSPS) is 14.8. The Bertz CT molecular complexity index is 458. The van der Waals surface area contributed by atoms with Crippen LogP contribution < -0.4 is 0 Å². The standard InChI is InChI=1S/C13H15F3O3/c1-3-19-11(17)13(15,16)12(2,18)8-9-5-4-6-10(14)7-9/h4-7,18H,3,8H2,1-2H3. The van der Waals surface area contributed by atoms with Crippen LogP contribution in [0.4, 0.5) is 13.2 Å². The Balaban J connectivity index is 2.93. The fourth-order valence-corrected chi connectivity index (χ4v) is 1.60. The molecule has 1 rings (SSSR count). The zero-order chi connectivity index (χ0) is 14.7. The lowest BCUT2D eigenvalue weighted by Crippen LogP contribution is -2.53. The molecular formula is C13H15F3O3. The van der Waals surface area contributed by atoms with Crippen LogP contribution in [0.5, 0.6) is 0 Å². The van der Waals surface area contributed by atoms with E-state index in [1.54, 1.807) is 0 Å². The van der Waals surface area contributed by atoms with Crippen LogP contribution in [0.25, 0.3) is 0 Å². The SMILES string of the molecule is CCOC(=O)C(F)(F)C(C)(O)Cc1cccc(F)c1. The molecule has 0 aliphatic heterocycles. The van der Waals surface area contributed by atoms with Gasteiger partial charge in [-0.05, 0) is 31.5 Å². The molecule has 0 fully saturated rings. The summed E-state index contributed by atoms with van der Waals surface area (Å²) in [5, 5.41) is 9.81. The highest BCUT2D eigenvalue weighted by atomic mass is 19.3. The summed E-state index contributed by atoms with van der Waals surface area (Å²) in [6.07, 6.45) is -0.573. The van der Waals surface area contributed by atoms with Crippen LogP contribution in [0, 0.1) is 5.82 Å². The van der Waals surface area contributed by atoms with Crippen molar-refractivity contribution >= 4 is 5.97 Å². The van der Waals surface area contributed by atoms with E-state index in [9.17, 15) is 23.1 Å². The van der Waals surface area contributed by atoms with Crippen LogP contribution in [0.2, 0.25) is 0 Å². The van der Waals surface area contributed by atoms with E-state index < -0.39 is 29.7 Å². The summed E-state index contributed by atoms with van der Waals surface area (Å²) in [5.74, 6) is -6.47. The number of carbonyl (C=O) groups excluding carboxylic acids is 1. The van der Waals surface area contributed by atoms with Gasteiger partial charge in [0.15, 0.2) is 0 Å². The summed E-state index contributed by atoms with van der Waals surface area (Å²) in [7, 11) is 0. The van der Waals surface area contributed by atoms with E-state index >= 15 is 0 Å². The molecule has 1 aromatic rings. The predicted molar refractivity (Wildman–Crippen MR) is 62.3 cm³/mol. The monoisotopic (exact) mass is 276 g/mol. The van der Waals surface area contributed by atoms with Crippen molar-refractivity contribution in [2.24, 2.45) is 0 Å². The minimum atomic E-state index is -4.07. The second-order valence-corrected chi connectivity index (χ2v) is 4.38. The van der Waals surface area contributed by atoms with Crippen molar-refractivity contribution in [1.82, 2.24) is 0 Å². The molecule has 0 aliphatic carbocycles. The molecule has 19 heavy (non-hydrogen) atoms. The molecule has 0 spiro atoms. The van der Waals surface area contributed by atoms with Gasteiger partial charge in [0, 0.05) is 6.42 Å². The maximum absolute atomic E-state index is 13.7. The molecule has 1 unspecified atom stereocenters. The number of hydrogen-bond acceptors (Lipinski definition) is 3. The van der Waals surface area contributed by atoms with Crippen LogP contribution in [-0.4, -0.2) is 29.2 Å². The number of benzene rings is 1. The number of halogens is 3. The van der Waals surface area contributed by atoms with Gasteiger partial charge in [0.2, 0.25) is 0 Å². The minimum absolute atomic E-state index is 0.161. The number of aliphatic hydroxyl groups is 1. The van der Waals surface area contributed by atoms with E-state index in [-0.39, 0.29) is 12.2 Å². The number of alkyl halides is 2. The van der Waals surface area contributed by atoms with Gasteiger partial charge in [0.05, 0.1) is 6.61 Å². The quantitative estimate of drug-likeness (QED) is 0.839. The Kier molecular flexibility index (Phi) is 4.57. The number of rotatable bonds is 5. The third-order valence-corrected chi connectivity index (χ3v) is 2.65. The maximum Gasteiger partial charge on any atom is 0.380 e. The van der Waals surface area contributed by atoms with Gasteiger partial charge in [0.1, 0.15) is 11.4 Å². The molecule has 0 saturated heterocycles. The largest absolute Gasteiger partial charge is 0.461 e. The molecule has 1 atom stereocenters. The number of ether oxygens (including phenoxy) is 1.